The Labute approximate surface area is 93.0 Å². The van der Waals surface area contributed by atoms with Crippen molar-refractivity contribution in [3.8, 4) is 0 Å². The summed E-state index contributed by atoms with van der Waals surface area (Å²) in [6.45, 7) is 8.99. The van der Waals surface area contributed by atoms with E-state index in [1.54, 1.807) is 0 Å². The van der Waals surface area contributed by atoms with Crippen LogP contribution in [0.15, 0.2) is 0 Å². The zero-order chi connectivity index (χ0) is 11.6. The summed E-state index contributed by atoms with van der Waals surface area (Å²) >= 11 is 0. The van der Waals surface area contributed by atoms with E-state index in [-0.39, 0.29) is 11.4 Å². The van der Waals surface area contributed by atoms with E-state index < -0.39 is 0 Å². The molecule has 1 amide bonds. The van der Waals surface area contributed by atoms with Crippen molar-refractivity contribution in [1.82, 2.24) is 4.90 Å². The van der Waals surface area contributed by atoms with Crippen LogP contribution in [0.5, 0.6) is 0 Å². The second kappa shape index (κ2) is 4.52. The monoisotopic (exact) mass is 212 g/mol. The quantitative estimate of drug-likeness (QED) is 0.755. The molecule has 0 saturated heterocycles. The number of carbonyl (C=O) groups excluding carboxylic acids is 1. The van der Waals surface area contributed by atoms with Gasteiger partial charge in [0.2, 0.25) is 5.91 Å². The second-order valence-electron chi connectivity index (χ2n) is 5.84. The highest BCUT2D eigenvalue weighted by Crippen LogP contribution is 2.28. The first-order chi connectivity index (χ1) is 6.79. The number of rotatable bonds is 5. The van der Waals surface area contributed by atoms with E-state index >= 15 is 0 Å². The Morgan fingerprint density at radius 3 is 2.33 bits per heavy atom. The lowest BCUT2D eigenvalue weighted by Crippen LogP contribution is -2.43. The zero-order valence-electron chi connectivity index (χ0n) is 10.4. The van der Waals surface area contributed by atoms with E-state index in [0.29, 0.717) is 18.4 Å². The Balaban J connectivity index is 2.51. The van der Waals surface area contributed by atoms with Crippen molar-refractivity contribution in [2.45, 2.75) is 58.5 Å². The Kier molecular flexibility index (Phi) is 3.77. The summed E-state index contributed by atoms with van der Waals surface area (Å²) in [6, 6.07) is 0.502. The number of nitrogens with two attached hydrogens (primary N) is 1. The van der Waals surface area contributed by atoms with Gasteiger partial charge in [0.15, 0.2) is 0 Å². The molecule has 2 N–H and O–H groups in total. The van der Waals surface area contributed by atoms with Gasteiger partial charge < -0.3 is 10.6 Å². The van der Waals surface area contributed by atoms with Crippen molar-refractivity contribution in [1.29, 1.82) is 0 Å². The molecule has 1 rings (SSSR count). The topological polar surface area (TPSA) is 46.3 Å². The molecule has 0 aromatic rings. The van der Waals surface area contributed by atoms with Crippen molar-refractivity contribution < 1.29 is 4.79 Å². The minimum atomic E-state index is -0.388. The van der Waals surface area contributed by atoms with Crippen LogP contribution in [0.4, 0.5) is 0 Å². The Morgan fingerprint density at radius 1 is 1.47 bits per heavy atom. The van der Waals surface area contributed by atoms with Crippen LogP contribution in [0, 0.1) is 5.92 Å². The average molecular weight is 212 g/mol. The molecule has 0 radical (unpaired) electrons. The molecule has 1 saturated carbocycles. The standard InChI is InChI=1S/C12H24N2O/c1-9(2)8-14(10-5-6-10)11(15)7-12(3,4)13/h9-10H,5-8,13H2,1-4H3. The minimum absolute atomic E-state index is 0.221. The lowest BCUT2D eigenvalue weighted by Gasteiger charge is -2.28. The fraction of sp³-hybridized carbons (Fsp3) is 0.917. The predicted octanol–water partition coefficient (Wildman–Crippen LogP) is 1.76. The largest absolute Gasteiger partial charge is 0.339 e. The molecule has 0 aromatic heterocycles. The zero-order valence-corrected chi connectivity index (χ0v) is 10.4. The van der Waals surface area contributed by atoms with Gasteiger partial charge in [-0.3, -0.25) is 4.79 Å². The predicted molar refractivity (Wildman–Crippen MR) is 62.5 cm³/mol. The summed E-state index contributed by atoms with van der Waals surface area (Å²) in [7, 11) is 0. The molecule has 0 bridgehead atoms. The normalized spacial score (nSPS) is 16.9. The van der Waals surface area contributed by atoms with Gasteiger partial charge >= 0.3 is 0 Å². The van der Waals surface area contributed by atoms with E-state index in [9.17, 15) is 4.79 Å². The maximum absolute atomic E-state index is 12.0. The molecule has 1 aliphatic rings. The number of hydrogen-bond acceptors (Lipinski definition) is 2. The summed E-state index contributed by atoms with van der Waals surface area (Å²) in [5.41, 5.74) is 5.49. The van der Waals surface area contributed by atoms with Gasteiger partial charge in [0.1, 0.15) is 0 Å². The van der Waals surface area contributed by atoms with E-state index in [1.165, 1.54) is 12.8 Å². The molecule has 0 heterocycles. The van der Waals surface area contributed by atoms with E-state index in [0.717, 1.165) is 6.54 Å². The van der Waals surface area contributed by atoms with Gasteiger partial charge in [-0.2, -0.15) is 0 Å². The van der Waals surface area contributed by atoms with E-state index in [4.69, 9.17) is 5.73 Å². The fourth-order valence-corrected chi connectivity index (χ4v) is 1.73. The van der Waals surface area contributed by atoms with Crippen LogP contribution in [-0.2, 0) is 4.79 Å². The lowest BCUT2D eigenvalue weighted by atomic mass is 10.0. The maximum Gasteiger partial charge on any atom is 0.224 e. The first-order valence-electron chi connectivity index (χ1n) is 5.88. The second-order valence-corrected chi connectivity index (χ2v) is 5.84. The highest BCUT2D eigenvalue weighted by atomic mass is 16.2. The Bertz CT molecular complexity index is 226. The highest BCUT2D eigenvalue weighted by Gasteiger charge is 2.34. The van der Waals surface area contributed by atoms with Crippen LogP contribution < -0.4 is 5.73 Å². The number of nitrogens with zero attached hydrogens (tertiary/aromatic N) is 1. The molecule has 0 atom stereocenters. The van der Waals surface area contributed by atoms with Gasteiger partial charge in [0, 0.05) is 24.5 Å². The summed E-state index contributed by atoms with van der Waals surface area (Å²) < 4.78 is 0. The molecule has 3 heteroatoms. The first-order valence-corrected chi connectivity index (χ1v) is 5.88. The lowest BCUT2D eigenvalue weighted by molar-refractivity contribution is -0.133. The molecule has 0 aromatic carbocycles. The van der Waals surface area contributed by atoms with E-state index in [2.05, 4.69) is 13.8 Å². The van der Waals surface area contributed by atoms with Crippen molar-refractivity contribution in [2.75, 3.05) is 6.54 Å². The van der Waals surface area contributed by atoms with Crippen molar-refractivity contribution in [2.24, 2.45) is 11.7 Å². The van der Waals surface area contributed by atoms with E-state index in [1.807, 2.05) is 18.7 Å². The Morgan fingerprint density at radius 2 is 2.00 bits per heavy atom. The van der Waals surface area contributed by atoms with Gasteiger partial charge in [-0.05, 0) is 32.6 Å². The van der Waals surface area contributed by atoms with Gasteiger partial charge in [-0.15, -0.1) is 0 Å². The van der Waals surface area contributed by atoms with Crippen LogP contribution >= 0.6 is 0 Å². The highest BCUT2D eigenvalue weighted by molar-refractivity contribution is 5.78. The van der Waals surface area contributed by atoms with Crippen LogP contribution in [0.25, 0.3) is 0 Å². The molecule has 0 spiro atoms. The molecule has 3 nitrogen and oxygen atoms in total. The molecular formula is C12H24N2O. The maximum atomic E-state index is 12.0. The van der Waals surface area contributed by atoms with Gasteiger partial charge in [-0.25, -0.2) is 0 Å². The molecule has 1 aliphatic carbocycles. The molecule has 1 fully saturated rings. The minimum Gasteiger partial charge on any atom is -0.339 e. The summed E-state index contributed by atoms with van der Waals surface area (Å²) in [6.07, 6.45) is 2.79. The van der Waals surface area contributed by atoms with Crippen molar-refractivity contribution in [3.63, 3.8) is 0 Å². The molecule has 88 valence electrons. The van der Waals surface area contributed by atoms with Crippen LogP contribution in [0.2, 0.25) is 0 Å². The van der Waals surface area contributed by atoms with Gasteiger partial charge in [0.05, 0.1) is 0 Å². The third-order valence-electron chi connectivity index (χ3n) is 2.48. The first kappa shape index (κ1) is 12.5. The van der Waals surface area contributed by atoms with Crippen molar-refractivity contribution in [3.05, 3.63) is 0 Å². The number of hydrogen-bond donors (Lipinski definition) is 1. The Hall–Kier alpha value is -0.570. The molecular weight excluding hydrogens is 188 g/mol. The number of carbonyl (C=O) groups is 1. The third kappa shape index (κ3) is 4.65. The third-order valence-corrected chi connectivity index (χ3v) is 2.48. The summed E-state index contributed by atoms with van der Waals surface area (Å²) in [5, 5.41) is 0. The number of amides is 1. The van der Waals surface area contributed by atoms with Gasteiger partial charge in [0.25, 0.3) is 0 Å². The van der Waals surface area contributed by atoms with Crippen molar-refractivity contribution >= 4 is 5.91 Å². The fourth-order valence-electron chi connectivity index (χ4n) is 1.73. The summed E-state index contributed by atoms with van der Waals surface area (Å²) in [4.78, 5) is 14.0. The molecule has 15 heavy (non-hydrogen) atoms. The SMILES string of the molecule is CC(C)CN(C(=O)CC(C)(C)N)C1CC1. The van der Waals surface area contributed by atoms with Gasteiger partial charge in [-0.1, -0.05) is 13.8 Å². The van der Waals surface area contributed by atoms with Crippen LogP contribution in [-0.4, -0.2) is 28.9 Å². The average Bonchev–Trinajstić information content (AvgIpc) is 2.78. The smallest absolute Gasteiger partial charge is 0.224 e. The van der Waals surface area contributed by atoms with Crippen LogP contribution in [0.3, 0.4) is 0 Å². The molecule has 0 aliphatic heterocycles. The molecule has 0 unspecified atom stereocenters. The summed E-state index contributed by atoms with van der Waals surface area (Å²) in [5.74, 6) is 0.758. The van der Waals surface area contributed by atoms with Crippen LogP contribution in [0.1, 0.15) is 47.0 Å².